The minimum atomic E-state index is 0.584. The van der Waals surface area contributed by atoms with Crippen LogP contribution in [0.25, 0.3) is 0 Å². The summed E-state index contributed by atoms with van der Waals surface area (Å²) in [6.07, 6.45) is 6.62. The van der Waals surface area contributed by atoms with Gasteiger partial charge >= 0.3 is 0 Å². The van der Waals surface area contributed by atoms with Crippen LogP contribution >= 0.6 is 0 Å². The Labute approximate surface area is 144 Å². The molecule has 2 aromatic rings. The zero-order chi connectivity index (χ0) is 17.2. The van der Waals surface area contributed by atoms with Crippen LogP contribution in [0, 0.1) is 6.92 Å². The molecule has 0 fully saturated rings. The van der Waals surface area contributed by atoms with E-state index in [0.29, 0.717) is 6.54 Å². The molecule has 0 amide bonds. The number of aliphatic imine (C=N–C) groups is 1. The normalized spacial score (nSPS) is 11.4. The number of imidazole rings is 1. The molecule has 6 nitrogen and oxygen atoms in total. The second-order valence-electron chi connectivity index (χ2n) is 5.59. The number of ether oxygens (including phenoxy) is 1. The molecule has 24 heavy (non-hydrogen) atoms. The topological polar surface area (TPSA) is 63.5 Å². The van der Waals surface area contributed by atoms with Crippen molar-refractivity contribution in [1.82, 2.24) is 20.2 Å². The van der Waals surface area contributed by atoms with Gasteiger partial charge in [-0.2, -0.15) is 0 Å². The van der Waals surface area contributed by atoms with E-state index in [4.69, 9.17) is 4.74 Å². The summed E-state index contributed by atoms with van der Waals surface area (Å²) in [5, 5.41) is 6.64. The standard InChI is InChI=1S/C18H27N5O/c1-4-20-18(21-8-5-10-23-11-9-19-14-23)22-13-16-7-6-15(2)12-17(16)24-3/h6-7,9,11-12,14H,4-5,8,10,13H2,1-3H3,(H2,20,21,22). The molecular weight excluding hydrogens is 302 g/mol. The highest BCUT2D eigenvalue weighted by Crippen LogP contribution is 2.20. The maximum absolute atomic E-state index is 5.44. The van der Waals surface area contributed by atoms with E-state index in [9.17, 15) is 0 Å². The van der Waals surface area contributed by atoms with Crippen molar-refractivity contribution in [2.24, 2.45) is 4.99 Å². The maximum Gasteiger partial charge on any atom is 0.191 e. The zero-order valence-electron chi connectivity index (χ0n) is 14.7. The van der Waals surface area contributed by atoms with Crippen LogP contribution in [0.15, 0.2) is 41.9 Å². The SMILES string of the molecule is CCNC(=NCc1ccc(C)cc1OC)NCCCn1ccnc1. The molecule has 2 N–H and O–H groups in total. The number of nitrogens with one attached hydrogen (secondary N) is 2. The van der Waals surface area contributed by atoms with Crippen molar-refractivity contribution < 1.29 is 4.74 Å². The predicted molar refractivity (Wildman–Crippen MR) is 97.4 cm³/mol. The summed E-state index contributed by atoms with van der Waals surface area (Å²) in [4.78, 5) is 8.70. The molecule has 130 valence electrons. The van der Waals surface area contributed by atoms with Gasteiger partial charge in [-0.3, -0.25) is 0 Å². The lowest BCUT2D eigenvalue weighted by Crippen LogP contribution is -2.38. The van der Waals surface area contributed by atoms with Crippen molar-refractivity contribution in [3.63, 3.8) is 0 Å². The fourth-order valence-corrected chi connectivity index (χ4v) is 2.38. The summed E-state index contributed by atoms with van der Waals surface area (Å²) in [6.45, 7) is 7.34. The fourth-order valence-electron chi connectivity index (χ4n) is 2.38. The van der Waals surface area contributed by atoms with Crippen LogP contribution in [-0.2, 0) is 13.1 Å². The van der Waals surface area contributed by atoms with Crippen molar-refractivity contribution in [3.8, 4) is 5.75 Å². The molecule has 0 aliphatic rings. The Kier molecular flexibility index (Phi) is 7.14. The van der Waals surface area contributed by atoms with Gasteiger partial charge in [-0.25, -0.2) is 9.98 Å². The first-order valence-electron chi connectivity index (χ1n) is 8.34. The van der Waals surface area contributed by atoms with Crippen molar-refractivity contribution in [3.05, 3.63) is 48.0 Å². The van der Waals surface area contributed by atoms with Gasteiger partial charge in [-0.1, -0.05) is 12.1 Å². The molecule has 0 radical (unpaired) electrons. The first kappa shape index (κ1) is 17.8. The van der Waals surface area contributed by atoms with Gasteiger partial charge < -0.3 is 19.9 Å². The minimum absolute atomic E-state index is 0.584. The van der Waals surface area contributed by atoms with E-state index in [2.05, 4.69) is 51.2 Å². The lowest BCUT2D eigenvalue weighted by atomic mass is 10.1. The van der Waals surface area contributed by atoms with E-state index in [1.54, 1.807) is 13.3 Å². The van der Waals surface area contributed by atoms with Crippen LogP contribution in [0.2, 0.25) is 0 Å². The smallest absolute Gasteiger partial charge is 0.191 e. The molecule has 1 aromatic carbocycles. The van der Waals surface area contributed by atoms with E-state index < -0.39 is 0 Å². The maximum atomic E-state index is 5.44. The molecule has 0 saturated heterocycles. The largest absolute Gasteiger partial charge is 0.496 e. The van der Waals surface area contributed by atoms with Crippen LogP contribution in [-0.4, -0.2) is 35.7 Å². The molecule has 0 aliphatic carbocycles. The third-order valence-electron chi connectivity index (χ3n) is 3.64. The third-order valence-corrected chi connectivity index (χ3v) is 3.64. The summed E-state index contributed by atoms with van der Waals surface area (Å²) in [7, 11) is 1.70. The number of methoxy groups -OCH3 is 1. The van der Waals surface area contributed by atoms with Gasteiger partial charge in [0.2, 0.25) is 0 Å². The van der Waals surface area contributed by atoms with Crippen molar-refractivity contribution in [2.75, 3.05) is 20.2 Å². The Hall–Kier alpha value is -2.50. The number of nitrogens with zero attached hydrogens (tertiary/aromatic N) is 3. The molecule has 0 atom stereocenters. The summed E-state index contributed by atoms with van der Waals surface area (Å²) < 4.78 is 7.51. The molecule has 2 rings (SSSR count). The summed E-state index contributed by atoms with van der Waals surface area (Å²) >= 11 is 0. The average molecular weight is 329 g/mol. The van der Waals surface area contributed by atoms with E-state index in [1.807, 2.05) is 18.6 Å². The number of rotatable bonds is 8. The number of guanidine groups is 1. The van der Waals surface area contributed by atoms with Crippen molar-refractivity contribution in [2.45, 2.75) is 33.4 Å². The Morgan fingerprint density at radius 2 is 2.21 bits per heavy atom. The summed E-state index contributed by atoms with van der Waals surface area (Å²) in [5.74, 6) is 1.71. The lowest BCUT2D eigenvalue weighted by molar-refractivity contribution is 0.409. The highest BCUT2D eigenvalue weighted by Gasteiger charge is 2.03. The summed E-state index contributed by atoms with van der Waals surface area (Å²) in [6, 6.07) is 6.19. The number of benzene rings is 1. The highest BCUT2D eigenvalue weighted by atomic mass is 16.5. The molecule has 6 heteroatoms. The van der Waals surface area contributed by atoms with Gasteiger partial charge in [0.15, 0.2) is 5.96 Å². The van der Waals surface area contributed by atoms with E-state index in [-0.39, 0.29) is 0 Å². The quantitative estimate of drug-likeness (QED) is 0.443. The molecular formula is C18H27N5O. The van der Waals surface area contributed by atoms with E-state index in [0.717, 1.165) is 43.3 Å². The predicted octanol–water partition coefficient (Wildman–Crippen LogP) is 2.35. The second kappa shape index (κ2) is 9.60. The van der Waals surface area contributed by atoms with Crippen LogP contribution in [0.1, 0.15) is 24.5 Å². The monoisotopic (exact) mass is 329 g/mol. The molecule has 1 heterocycles. The Morgan fingerprint density at radius 3 is 2.92 bits per heavy atom. The average Bonchev–Trinajstić information content (AvgIpc) is 3.10. The fraction of sp³-hybridized carbons (Fsp3) is 0.444. The number of aryl methyl sites for hydroxylation is 2. The van der Waals surface area contributed by atoms with Crippen LogP contribution in [0.4, 0.5) is 0 Å². The van der Waals surface area contributed by atoms with Crippen molar-refractivity contribution >= 4 is 5.96 Å². The number of hydrogen-bond acceptors (Lipinski definition) is 3. The van der Waals surface area contributed by atoms with Gasteiger partial charge in [0.05, 0.1) is 20.0 Å². The first-order valence-corrected chi connectivity index (χ1v) is 8.34. The molecule has 0 spiro atoms. The van der Waals surface area contributed by atoms with Crippen LogP contribution < -0.4 is 15.4 Å². The van der Waals surface area contributed by atoms with Gasteiger partial charge in [-0.15, -0.1) is 0 Å². The van der Waals surface area contributed by atoms with Gasteiger partial charge in [-0.05, 0) is 31.9 Å². The number of aromatic nitrogens is 2. The van der Waals surface area contributed by atoms with Gasteiger partial charge in [0.25, 0.3) is 0 Å². The molecule has 0 bridgehead atoms. The summed E-state index contributed by atoms with van der Waals surface area (Å²) in [5.41, 5.74) is 2.27. The van der Waals surface area contributed by atoms with E-state index in [1.165, 1.54) is 5.56 Å². The second-order valence-corrected chi connectivity index (χ2v) is 5.59. The zero-order valence-corrected chi connectivity index (χ0v) is 14.7. The third kappa shape index (κ3) is 5.61. The Balaban J connectivity index is 1.87. The highest BCUT2D eigenvalue weighted by molar-refractivity contribution is 5.79. The molecule has 0 aliphatic heterocycles. The van der Waals surface area contributed by atoms with Crippen LogP contribution in [0.5, 0.6) is 5.75 Å². The number of hydrogen-bond donors (Lipinski definition) is 2. The van der Waals surface area contributed by atoms with E-state index >= 15 is 0 Å². The van der Waals surface area contributed by atoms with Crippen molar-refractivity contribution in [1.29, 1.82) is 0 Å². The van der Waals surface area contributed by atoms with Crippen LogP contribution in [0.3, 0.4) is 0 Å². The molecule has 0 saturated carbocycles. The Bertz CT molecular complexity index is 637. The van der Waals surface area contributed by atoms with Gasteiger partial charge in [0, 0.05) is 37.6 Å². The Morgan fingerprint density at radius 1 is 1.33 bits per heavy atom. The first-order chi connectivity index (χ1) is 11.7. The lowest BCUT2D eigenvalue weighted by Gasteiger charge is -2.12. The van der Waals surface area contributed by atoms with Gasteiger partial charge in [0.1, 0.15) is 5.75 Å². The molecule has 0 unspecified atom stereocenters. The minimum Gasteiger partial charge on any atom is -0.496 e. The molecule has 1 aromatic heterocycles.